The van der Waals surface area contributed by atoms with Gasteiger partial charge in [0.1, 0.15) is 6.04 Å². The van der Waals surface area contributed by atoms with E-state index in [1.54, 1.807) is 0 Å². The molecule has 1 fully saturated rings. The van der Waals surface area contributed by atoms with E-state index >= 15 is 0 Å². The number of nitrogens with zero attached hydrogens (tertiary/aromatic N) is 2. The zero-order valence-corrected chi connectivity index (χ0v) is 9.02. The number of carbonyl (C=O) groups excluding carboxylic acids is 1. The van der Waals surface area contributed by atoms with Crippen LogP contribution < -0.4 is 5.32 Å². The van der Waals surface area contributed by atoms with Gasteiger partial charge in [0.25, 0.3) is 0 Å². The van der Waals surface area contributed by atoms with Crippen molar-refractivity contribution in [3.63, 3.8) is 0 Å². The third-order valence-electron chi connectivity index (χ3n) is 2.86. The van der Waals surface area contributed by atoms with Gasteiger partial charge in [-0.25, -0.2) is 0 Å². The predicted octanol–water partition coefficient (Wildman–Crippen LogP) is 0.481. The Labute approximate surface area is 89.9 Å². The van der Waals surface area contributed by atoms with Crippen LogP contribution in [0.25, 0.3) is 0 Å². The molecule has 1 saturated heterocycles. The Bertz CT molecular complexity index is 315. The van der Waals surface area contributed by atoms with E-state index in [2.05, 4.69) is 5.32 Å². The number of rotatable bonds is 2. The lowest BCUT2D eigenvalue weighted by atomic mass is 10.2. The van der Waals surface area contributed by atoms with Gasteiger partial charge in [-0.1, -0.05) is 0 Å². The molecule has 0 aromatic carbocycles. The first-order chi connectivity index (χ1) is 7.29. The maximum atomic E-state index is 12.1. The van der Waals surface area contributed by atoms with Crippen LogP contribution in [-0.4, -0.2) is 41.6 Å². The van der Waals surface area contributed by atoms with Gasteiger partial charge < -0.3 is 14.8 Å². The summed E-state index contributed by atoms with van der Waals surface area (Å²) in [5.74, 6) is 0.215. The minimum atomic E-state index is -0.0851. The number of hydrogen-bond donors (Lipinski definition) is 1. The van der Waals surface area contributed by atoms with Crippen molar-refractivity contribution in [3.8, 4) is 0 Å². The number of aromatic nitrogens is 1. The molecule has 0 aliphatic carbocycles. The fourth-order valence-electron chi connectivity index (χ4n) is 1.88. The monoisotopic (exact) mass is 207 g/mol. The van der Waals surface area contributed by atoms with Gasteiger partial charge in [-0.2, -0.15) is 0 Å². The Balaban J connectivity index is 2.00. The van der Waals surface area contributed by atoms with Gasteiger partial charge in [0.2, 0.25) is 5.91 Å². The largest absolute Gasteiger partial charge is 0.342 e. The summed E-state index contributed by atoms with van der Waals surface area (Å²) in [4.78, 5) is 14.0. The Morgan fingerprint density at radius 1 is 1.27 bits per heavy atom. The summed E-state index contributed by atoms with van der Waals surface area (Å²) in [6.45, 7) is 5.41. The van der Waals surface area contributed by atoms with Crippen LogP contribution in [0, 0.1) is 0 Å². The first-order valence-corrected chi connectivity index (χ1v) is 5.41. The highest BCUT2D eigenvalue weighted by Gasteiger charge is 2.22. The molecule has 1 N–H and O–H groups in total. The van der Waals surface area contributed by atoms with Crippen molar-refractivity contribution in [2.24, 2.45) is 0 Å². The van der Waals surface area contributed by atoms with Crippen LogP contribution in [-0.2, 0) is 4.79 Å². The second kappa shape index (κ2) is 4.49. The lowest BCUT2D eigenvalue weighted by Crippen LogP contribution is -2.48. The van der Waals surface area contributed by atoms with E-state index < -0.39 is 0 Å². The predicted molar refractivity (Wildman–Crippen MR) is 58.6 cm³/mol. The van der Waals surface area contributed by atoms with Gasteiger partial charge in [-0.05, 0) is 19.1 Å². The molecule has 1 atom stereocenters. The number of piperazine rings is 1. The van der Waals surface area contributed by atoms with Crippen molar-refractivity contribution in [1.82, 2.24) is 14.8 Å². The average Bonchev–Trinajstić information content (AvgIpc) is 2.82. The number of hydrogen-bond acceptors (Lipinski definition) is 2. The Morgan fingerprint density at radius 2 is 1.87 bits per heavy atom. The maximum absolute atomic E-state index is 12.1. The molecule has 0 radical (unpaired) electrons. The minimum absolute atomic E-state index is 0.0851. The van der Waals surface area contributed by atoms with Gasteiger partial charge in [0.05, 0.1) is 0 Å². The second-order valence-electron chi connectivity index (χ2n) is 3.88. The molecule has 4 heteroatoms. The molecule has 0 saturated carbocycles. The number of nitrogens with one attached hydrogen (secondary N) is 1. The molecule has 2 heterocycles. The zero-order chi connectivity index (χ0) is 10.7. The summed E-state index contributed by atoms with van der Waals surface area (Å²) in [5, 5.41) is 3.24. The summed E-state index contributed by atoms with van der Waals surface area (Å²) in [6, 6.07) is 3.81. The van der Waals surface area contributed by atoms with Crippen LogP contribution in [0.4, 0.5) is 0 Å². The van der Waals surface area contributed by atoms with E-state index in [1.165, 1.54) is 0 Å². The van der Waals surface area contributed by atoms with E-state index in [1.807, 2.05) is 40.9 Å². The van der Waals surface area contributed by atoms with Crippen LogP contribution in [0.2, 0.25) is 0 Å². The average molecular weight is 207 g/mol. The maximum Gasteiger partial charge on any atom is 0.245 e. The van der Waals surface area contributed by atoms with Crippen molar-refractivity contribution < 1.29 is 4.79 Å². The highest BCUT2D eigenvalue weighted by molar-refractivity contribution is 5.80. The van der Waals surface area contributed by atoms with Crippen LogP contribution in [0.3, 0.4) is 0 Å². The molecule has 1 aromatic rings. The zero-order valence-electron chi connectivity index (χ0n) is 9.02. The van der Waals surface area contributed by atoms with Crippen LogP contribution in [0.5, 0.6) is 0 Å². The normalized spacial score (nSPS) is 18.9. The lowest BCUT2D eigenvalue weighted by Gasteiger charge is -2.30. The molecule has 1 amide bonds. The van der Waals surface area contributed by atoms with E-state index in [-0.39, 0.29) is 11.9 Å². The Hall–Kier alpha value is -1.29. The van der Waals surface area contributed by atoms with Crippen molar-refractivity contribution >= 4 is 5.91 Å². The summed E-state index contributed by atoms with van der Waals surface area (Å²) in [6.07, 6.45) is 3.87. The quantitative estimate of drug-likeness (QED) is 0.766. The molecule has 0 bridgehead atoms. The van der Waals surface area contributed by atoms with Crippen molar-refractivity contribution in [2.45, 2.75) is 13.0 Å². The molecule has 1 aliphatic rings. The highest BCUT2D eigenvalue weighted by atomic mass is 16.2. The Kier molecular flexibility index (Phi) is 3.06. The molecule has 0 spiro atoms. The smallest absolute Gasteiger partial charge is 0.245 e. The second-order valence-corrected chi connectivity index (χ2v) is 3.88. The first kappa shape index (κ1) is 10.2. The molecule has 15 heavy (non-hydrogen) atoms. The number of amides is 1. The summed E-state index contributed by atoms with van der Waals surface area (Å²) >= 11 is 0. The van der Waals surface area contributed by atoms with Crippen LogP contribution >= 0.6 is 0 Å². The van der Waals surface area contributed by atoms with E-state index in [9.17, 15) is 4.79 Å². The molecular weight excluding hydrogens is 190 g/mol. The lowest BCUT2D eigenvalue weighted by molar-refractivity contribution is -0.134. The minimum Gasteiger partial charge on any atom is -0.342 e. The summed E-state index contributed by atoms with van der Waals surface area (Å²) < 4.78 is 1.95. The van der Waals surface area contributed by atoms with Gasteiger partial charge in [-0.3, -0.25) is 4.79 Å². The van der Waals surface area contributed by atoms with Crippen molar-refractivity contribution in [1.29, 1.82) is 0 Å². The molecule has 1 aromatic heterocycles. The van der Waals surface area contributed by atoms with Gasteiger partial charge in [-0.15, -0.1) is 0 Å². The van der Waals surface area contributed by atoms with Gasteiger partial charge in [0.15, 0.2) is 0 Å². The number of carbonyl (C=O) groups is 1. The van der Waals surface area contributed by atoms with E-state index in [4.69, 9.17) is 0 Å². The topological polar surface area (TPSA) is 37.3 Å². The third-order valence-corrected chi connectivity index (χ3v) is 2.86. The van der Waals surface area contributed by atoms with Gasteiger partial charge >= 0.3 is 0 Å². The fraction of sp³-hybridized carbons (Fsp3) is 0.545. The standard InChI is InChI=1S/C11H17N3O/c1-10(13-6-2-3-7-13)11(15)14-8-4-12-5-9-14/h2-3,6-7,10,12H,4-5,8-9H2,1H3. The highest BCUT2D eigenvalue weighted by Crippen LogP contribution is 2.10. The SMILES string of the molecule is CC(C(=O)N1CCNCC1)n1cccc1. The summed E-state index contributed by atoms with van der Waals surface area (Å²) in [7, 11) is 0. The van der Waals surface area contributed by atoms with Crippen molar-refractivity contribution in [3.05, 3.63) is 24.5 Å². The van der Waals surface area contributed by atoms with Crippen molar-refractivity contribution in [2.75, 3.05) is 26.2 Å². The first-order valence-electron chi connectivity index (χ1n) is 5.41. The Morgan fingerprint density at radius 3 is 2.47 bits per heavy atom. The fourth-order valence-corrected chi connectivity index (χ4v) is 1.88. The molecule has 82 valence electrons. The molecular formula is C11H17N3O. The molecule has 2 rings (SSSR count). The van der Waals surface area contributed by atoms with Crippen LogP contribution in [0.15, 0.2) is 24.5 Å². The summed E-state index contributed by atoms with van der Waals surface area (Å²) in [5.41, 5.74) is 0. The third kappa shape index (κ3) is 2.21. The molecule has 1 aliphatic heterocycles. The van der Waals surface area contributed by atoms with Crippen LogP contribution in [0.1, 0.15) is 13.0 Å². The van der Waals surface area contributed by atoms with E-state index in [0.29, 0.717) is 0 Å². The van der Waals surface area contributed by atoms with Gasteiger partial charge in [0, 0.05) is 38.6 Å². The molecule has 1 unspecified atom stereocenters. The molecule has 4 nitrogen and oxygen atoms in total. The van der Waals surface area contributed by atoms with E-state index in [0.717, 1.165) is 26.2 Å².